The molecule has 0 bridgehead atoms. The minimum Gasteiger partial charge on any atom is -0.467 e. The van der Waals surface area contributed by atoms with Crippen molar-refractivity contribution >= 4 is 5.91 Å². The molecule has 0 radical (unpaired) electrons. The van der Waals surface area contributed by atoms with E-state index < -0.39 is 0 Å². The van der Waals surface area contributed by atoms with E-state index in [-0.39, 0.29) is 5.91 Å². The lowest BCUT2D eigenvalue weighted by molar-refractivity contribution is -0.134. The van der Waals surface area contributed by atoms with Gasteiger partial charge in [0.1, 0.15) is 5.76 Å². The number of hydrogen-bond acceptors (Lipinski definition) is 3. The Labute approximate surface area is 154 Å². The summed E-state index contributed by atoms with van der Waals surface area (Å²) in [6, 6.07) is 23.7. The molecule has 0 unspecified atom stereocenters. The first-order chi connectivity index (χ1) is 12.8. The normalized spacial score (nSPS) is 10.6. The maximum Gasteiger partial charge on any atom is 0.225 e. The summed E-state index contributed by atoms with van der Waals surface area (Å²) in [5, 5.41) is 0. The zero-order chi connectivity index (χ0) is 18.0. The van der Waals surface area contributed by atoms with Gasteiger partial charge in [0.25, 0.3) is 0 Å². The molecule has 0 aliphatic heterocycles. The largest absolute Gasteiger partial charge is 0.467 e. The number of hydrogen-bond donors (Lipinski definition) is 0. The standard InChI is InChI=1S/C22H23NO3/c24-22(13-15-25-18-20-10-5-2-6-11-20)23(17-21-12-7-14-26-21)16-19-8-3-1-4-9-19/h1-12,14H,13,15-18H2. The molecule has 0 spiro atoms. The van der Waals surface area contributed by atoms with E-state index in [1.165, 1.54) is 0 Å². The van der Waals surface area contributed by atoms with E-state index in [0.29, 0.717) is 32.7 Å². The fraction of sp³-hybridized carbons (Fsp3) is 0.227. The summed E-state index contributed by atoms with van der Waals surface area (Å²) in [7, 11) is 0. The van der Waals surface area contributed by atoms with E-state index in [2.05, 4.69) is 0 Å². The zero-order valence-corrected chi connectivity index (χ0v) is 14.7. The van der Waals surface area contributed by atoms with E-state index >= 15 is 0 Å². The number of nitrogens with zero attached hydrogens (tertiary/aromatic N) is 1. The third kappa shape index (κ3) is 5.60. The lowest BCUT2D eigenvalue weighted by atomic mass is 10.2. The fourth-order valence-corrected chi connectivity index (χ4v) is 2.71. The van der Waals surface area contributed by atoms with Gasteiger partial charge in [0.05, 0.1) is 32.4 Å². The highest BCUT2D eigenvalue weighted by atomic mass is 16.5. The lowest BCUT2D eigenvalue weighted by Crippen LogP contribution is -2.30. The number of furan rings is 1. The van der Waals surface area contributed by atoms with Gasteiger partial charge in [-0.15, -0.1) is 0 Å². The topological polar surface area (TPSA) is 42.7 Å². The fourth-order valence-electron chi connectivity index (χ4n) is 2.71. The first-order valence-corrected chi connectivity index (χ1v) is 8.77. The van der Waals surface area contributed by atoms with Crippen molar-refractivity contribution in [2.45, 2.75) is 26.1 Å². The molecule has 4 nitrogen and oxygen atoms in total. The first kappa shape index (κ1) is 18.0. The van der Waals surface area contributed by atoms with Gasteiger partial charge < -0.3 is 14.1 Å². The SMILES string of the molecule is O=C(CCOCc1ccccc1)N(Cc1ccccc1)Cc1ccco1. The molecule has 1 aromatic heterocycles. The molecular weight excluding hydrogens is 326 g/mol. The van der Waals surface area contributed by atoms with Gasteiger partial charge in [-0.05, 0) is 23.3 Å². The Morgan fingerprint density at radius 2 is 1.54 bits per heavy atom. The van der Waals surface area contributed by atoms with Crippen LogP contribution in [0.4, 0.5) is 0 Å². The Morgan fingerprint density at radius 3 is 2.19 bits per heavy atom. The van der Waals surface area contributed by atoms with Crippen LogP contribution in [-0.2, 0) is 29.2 Å². The van der Waals surface area contributed by atoms with E-state index in [9.17, 15) is 4.79 Å². The van der Waals surface area contributed by atoms with E-state index in [0.717, 1.165) is 16.9 Å². The Hall–Kier alpha value is -2.85. The highest BCUT2D eigenvalue weighted by Gasteiger charge is 2.15. The summed E-state index contributed by atoms with van der Waals surface area (Å²) in [4.78, 5) is 14.5. The summed E-state index contributed by atoms with van der Waals surface area (Å²) in [6.45, 7) is 1.93. The molecule has 2 aromatic carbocycles. The zero-order valence-electron chi connectivity index (χ0n) is 14.7. The molecule has 0 saturated carbocycles. The van der Waals surface area contributed by atoms with Crippen molar-refractivity contribution in [2.75, 3.05) is 6.61 Å². The molecule has 1 heterocycles. The van der Waals surface area contributed by atoms with Crippen LogP contribution < -0.4 is 0 Å². The van der Waals surface area contributed by atoms with Crippen molar-refractivity contribution in [3.8, 4) is 0 Å². The highest BCUT2D eigenvalue weighted by Crippen LogP contribution is 2.12. The van der Waals surface area contributed by atoms with Gasteiger partial charge in [-0.1, -0.05) is 60.7 Å². The second kappa shape index (κ2) is 9.59. The van der Waals surface area contributed by atoms with Crippen molar-refractivity contribution < 1.29 is 13.9 Å². The maximum absolute atomic E-state index is 12.7. The third-order valence-corrected chi connectivity index (χ3v) is 4.07. The number of carbonyl (C=O) groups is 1. The van der Waals surface area contributed by atoms with Gasteiger partial charge in [-0.25, -0.2) is 0 Å². The predicted molar refractivity (Wildman–Crippen MR) is 100 cm³/mol. The van der Waals surface area contributed by atoms with Gasteiger partial charge in [0.2, 0.25) is 5.91 Å². The minimum absolute atomic E-state index is 0.0540. The Morgan fingerprint density at radius 1 is 0.846 bits per heavy atom. The van der Waals surface area contributed by atoms with Crippen molar-refractivity contribution in [1.82, 2.24) is 4.90 Å². The molecule has 0 atom stereocenters. The highest BCUT2D eigenvalue weighted by molar-refractivity contribution is 5.76. The first-order valence-electron chi connectivity index (χ1n) is 8.77. The van der Waals surface area contributed by atoms with Gasteiger partial charge in [0, 0.05) is 6.54 Å². The third-order valence-electron chi connectivity index (χ3n) is 4.07. The van der Waals surface area contributed by atoms with E-state index in [1.807, 2.05) is 72.8 Å². The van der Waals surface area contributed by atoms with Crippen LogP contribution in [0.3, 0.4) is 0 Å². The molecule has 26 heavy (non-hydrogen) atoms. The summed E-state index contributed by atoms with van der Waals surface area (Å²) < 4.78 is 11.1. The Balaban J connectivity index is 1.53. The van der Waals surface area contributed by atoms with Crippen molar-refractivity contribution in [2.24, 2.45) is 0 Å². The van der Waals surface area contributed by atoms with Crippen molar-refractivity contribution in [1.29, 1.82) is 0 Å². The van der Waals surface area contributed by atoms with Crippen LogP contribution in [0.25, 0.3) is 0 Å². The van der Waals surface area contributed by atoms with Crippen LogP contribution >= 0.6 is 0 Å². The average Bonchev–Trinajstić information content (AvgIpc) is 3.19. The van der Waals surface area contributed by atoms with Crippen LogP contribution in [0.5, 0.6) is 0 Å². The summed E-state index contributed by atoms with van der Waals surface area (Å²) in [6.07, 6.45) is 1.98. The second-order valence-corrected chi connectivity index (χ2v) is 6.10. The molecule has 1 amide bonds. The number of benzene rings is 2. The molecule has 3 aromatic rings. The van der Waals surface area contributed by atoms with Crippen molar-refractivity contribution in [3.05, 3.63) is 95.9 Å². The Bertz CT molecular complexity index is 770. The molecule has 134 valence electrons. The molecule has 0 fully saturated rings. The maximum atomic E-state index is 12.7. The predicted octanol–water partition coefficient (Wildman–Crippen LogP) is 4.42. The van der Waals surface area contributed by atoms with Gasteiger partial charge in [-0.3, -0.25) is 4.79 Å². The number of carbonyl (C=O) groups excluding carboxylic acids is 1. The van der Waals surface area contributed by atoms with Gasteiger partial charge in [-0.2, -0.15) is 0 Å². The lowest BCUT2D eigenvalue weighted by Gasteiger charge is -2.22. The monoisotopic (exact) mass is 349 g/mol. The molecule has 3 rings (SSSR count). The smallest absolute Gasteiger partial charge is 0.225 e. The second-order valence-electron chi connectivity index (χ2n) is 6.10. The number of rotatable bonds is 9. The van der Waals surface area contributed by atoms with Gasteiger partial charge >= 0.3 is 0 Å². The molecule has 0 aliphatic carbocycles. The summed E-state index contributed by atoms with van der Waals surface area (Å²) in [5.74, 6) is 0.831. The van der Waals surface area contributed by atoms with Crippen LogP contribution in [0, 0.1) is 0 Å². The molecule has 0 aliphatic rings. The number of ether oxygens (including phenoxy) is 1. The number of amides is 1. The van der Waals surface area contributed by atoms with Gasteiger partial charge in [0.15, 0.2) is 0 Å². The molecular formula is C22H23NO3. The van der Waals surface area contributed by atoms with E-state index in [1.54, 1.807) is 11.2 Å². The molecule has 0 saturated heterocycles. The van der Waals surface area contributed by atoms with E-state index in [4.69, 9.17) is 9.15 Å². The van der Waals surface area contributed by atoms with Crippen LogP contribution in [0.2, 0.25) is 0 Å². The quantitative estimate of drug-likeness (QED) is 0.537. The van der Waals surface area contributed by atoms with Crippen molar-refractivity contribution in [3.63, 3.8) is 0 Å². The van der Waals surface area contributed by atoms with Crippen LogP contribution in [0.15, 0.2) is 83.5 Å². The minimum atomic E-state index is 0.0540. The summed E-state index contributed by atoms with van der Waals surface area (Å²) >= 11 is 0. The molecule has 4 heteroatoms. The summed E-state index contributed by atoms with van der Waals surface area (Å²) in [5.41, 5.74) is 2.20. The molecule has 0 N–H and O–H groups in total. The van der Waals surface area contributed by atoms with Crippen LogP contribution in [0.1, 0.15) is 23.3 Å². The Kier molecular flexibility index (Phi) is 6.62. The van der Waals surface area contributed by atoms with Crippen LogP contribution in [-0.4, -0.2) is 17.4 Å². The average molecular weight is 349 g/mol.